The van der Waals surface area contributed by atoms with Crippen LogP contribution in [0, 0.1) is 11.3 Å². The fraction of sp³-hybridized carbons (Fsp3) is 0.533. The van der Waals surface area contributed by atoms with Crippen molar-refractivity contribution in [2.75, 3.05) is 13.7 Å². The molecule has 1 aromatic rings. The minimum Gasteiger partial charge on any atom is -0.496 e. The van der Waals surface area contributed by atoms with Gasteiger partial charge in [-0.15, -0.1) is 0 Å². The number of rotatable bonds is 5. The lowest BCUT2D eigenvalue weighted by Crippen LogP contribution is -2.33. The highest BCUT2D eigenvalue weighted by molar-refractivity contribution is 9.10. The van der Waals surface area contributed by atoms with Crippen molar-refractivity contribution in [2.45, 2.75) is 38.3 Å². The molecule has 0 aliphatic heterocycles. The number of nitrogens with zero attached hydrogens (tertiary/aromatic N) is 2. The van der Waals surface area contributed by atoms with Gasteiger partial charge in [-0.2, -0.15) is 5.26 Å². The number of nitriles is 1. The Kier molecular flexibility index (Phi) is 5.24. The maximum atomic E-state index is 9.02. The van der Waals surface area contributed by atoms with E-state index in [-0.39, 0.29) is 0 Å². The van der Waals surface area contributed by atoms with Crippen LogP contribution in [0.4, 0.5) is 0 Å². The van der Waals surface area contributed by atoms with Gasteiger partial charge in [-0.3, -0.25) is 4.90 Å². The number of hydrogen-bond acceptors (Lipinski definition) is 3. The van der Waals surface area contributed by atoms with E-state index in [0.29, 0.717) is 12.6 Å². The van der Waals surface area contributed by atoms with Crippen molar-refractivity contribution in [1.29, 1.82) is 5.26 Å². The molecule has 4 heteroatoms. The Morgan fingerprint density at radius 1 is 1.42 bits per heavy atom. The molecule has 1 fully saturated rings. The molecule has 0 aromatic heterocycles. The molecule has 1 aliphatic carbocycles. The zero-order chi connectivity index (χ0) is 13.7. The number of halogens is 1. The molecule has 0 atom stereocenters. The molecular weight excluding hydrogens is 304 g/mol. The van der Waals surface area contributed by atoms with Crippen LogP contribution in [-0.4, -0.2) is 24.6 Å². The topological polar surface area (TPSA) is 36.3 Å². The van der Waals surface area contributed by atoms with Crippen molar-refractivity contribution in [1.82, 2.24) is 4.90 Å². The Balaban J connectivity index is 2.16. The third-order valence-corrected chi connectivity index (χ3v) is 4.22. The fourth-order valence-electron chi connectivity index (χ4n) is 2.76. The molecule has 19 heavy (non-hydrogen) atoms. The van der Waals surface area contributed by atoms with Gasteiger partial charge in [-0.25, -0.2) is 0 Å². The molecule has 0 radical (unpaired) electrons. The second-order valence-electron chi connectivity index (χ2n) is 4.96. The van der Waals surface area contributed by atoms with E-state index in [4.69, 9.17) is 10.00 Å². The monoisotopic (exact) mass is 322 g/mol. The maximum Gasteiger partial charge on any atom is 0.123 e. The largest absolute Gasteiger partial charge is 0.496 e. The van der Waals surface area contributed by atoms with E-state index in [9.17, 15) is 0 Å². The molecule has 0 amide bonds. The summed E-state index contributed by atoms with van der Waals surface area (Å²) in [6.07, 6.45) is 4.97. The predicted molar refractivity (Wildman–Crippen MR) is 79.0 cm³/mol. The summed E-state index contributed by atoms with van der Waals surface area (Å²) in [6, 6.07) is 8.87. The Morgan fingerprint density at radius 3 is 2.79 bits per heavy atom. The van der Waals surface area contributed by atoms with Gasteiger partial charge >= 0.3 is 0 Å². The Labute approximate surface area is 123 Å². The smallest absolute Gasteiger partial charge is 0.123 e. The first-order valence-electron chi connectivity index (χ1n) is 6.68. The summed E-state index contributed by atoms with van der Waals surface area (Å²) >= 11 is 3.50. The van der Waals surface area contributed by atoms with E-state index in [1.165, 1.54) is 25.7 Å². The highest BCUT2D eigenvalue weighted by Crippen LogP contribution is 2.28. The van der Waals surface area contributed by atoms with Crippen molar-refractivity contribution in [3.63, 3.8) is 0 Å². The van der Waals surface area contributed by atoms with E-state index < -0.39 is 0 Å². The molecule has 1 saturated carbocycles. The Bertz CT molecular complexity index is 464. The molecule has 0 bridgehead atoms. The summed E-state index contributed by atoms with van der Waals surface area (Å²) in [4.78, 5) is 2.28. The van der Waals surface area contributed by atoms with Crippen molar-refractivity contribution in [2.24, 2.45) is 0 Å². The van der Waals surface area contributed by atoms with E-state index in [0.717, 1.165) is 22.3 Å². The summed E-state index contributed by atoms with van der Waals surface area (Å²) in [6.45, 7) is 1.27. The Hall–Kier alpha value is -1.05. The zero-order valence-corrected chi connectivity index (χ0v) is 12.8. The van der Waals surface area contributed by atoms with E-state index in [2.05, 4.69) is 33.0 Å². The van der Waals surface area contributed by atoms with Gasteiger partial charge in [0, 0.05) is 22.6 Å². The van der Waals surface area contributed by atoms with Gasteiger partial charge in [0.15, 0.2) is 0 Å². The fourth-order valence-corrected chi connectivity index (χ4v) is 3.17. The predicted octanol–water partition coefficient (Wildman–Crippen LogP) is 3.73. The first kappa shape index (κ1) is 14.4. The number of benzene rings is 1. The van der Waals surface area contributed by atoms with Crippen molar-refractivity contribution >= 4 is 15.9 Å². The third-order valence-electron chi connectivity index (χ3n) is 3.73. The van der Waals surface area contributed by atoms with Gasteiger partial charge in [0.1, 0.15) is 5.75 Å². The number of hydrogen-bond donors (Lipinski definition) is 0. The average Bonchev–Trinajstić information content (AvgIpc) is 2.92. The van der Waals surface area contributed by atoms with Crippen LogP contribution in [0.5, 0.6) is 5.75 Å². The normalized spacial score (nSPS) is 15.7. The standard InChI is InChI=1S/C15H19BrN2O/c1-19-15-7-6-13(16)10-12(15)11-18(9-8-17)14-4-2-3-5-14/h6-7,10,14H,2-5,9,11H2,1H3. The lowest BCUT2D eigenvalue weighted by atomic mass is 10.1. The van der Waals surface area contributed by atoms with Gasteiger partial charge in [0.05, 0.1) is 19.7 Å². The van der Waals surface area contributed by atoms with E-state index in [1.54, 1.807) is 7.11 Å². The van der Waals surface area contributed by atoms with Crippen LogP contribution in [0.15, 0.2) is 22.7 Å². The molecule has 0 heterocycles. The summed E-state index contributed by atoms with van der Waals surface area (Å²) < 4.78 is 6.46. The van der Waals surface area contributed by atoms with Crippen LogP contribution in [0.1, 0.15) is 31.2 Å². The molecule has 3 nitrogen and oxygen atoms in total. The van der Waals surface area contributed by atoms with Gasteiger partial charge in [0.25, 0.3) is 0 Å². The molecule has 1 aromatic carbocycles. The minimum atomic E-state index is 0.486. The summed E-state index contributed by atoms with van der Waals surface area (Å²) in [7, 11) is 1.69. The highest BCUT2D eigenvalue weighted by Gasteiger charge is 2.23. The minimum absolute atomic E-state index is 0.486. The third kappa shape index (κ3) is 3.71. The molecule has 0 N–H and O–H groups in total. The molecule has 0 saturated heterocycles. The number of methoxy groups -OCH3 is 1. The summed E-state index contributed by atoms with van der Waals surface area (Å²) in [5.41, 5.74) is 1.14. The van der Waals surface area contributed by atoms with Gasteiger partial charge in [0.2, 0.25) is 0 Å². The SMILES string of the molecule is COc1ccc(Br)cc1CN(CC#N)C1CCCC1. The molecule has 1 aliphatic rings. The van der Waals surface area contributed by atoms with Crippen molar-refractivity contribution in [3.05, 3.63) is 28.2 Å². The molecular formula is C15H19BrN2O. The first-order chi connectivity index (χ1) is 9.24. The second kappa shape index (κ2) is 6.93. The van der Waals surface area contributed by atoms with Crippen molar-refractivity contribution < 1.29 is 4.74 Å². The average molecular weight is 323 g/mol. The van der Waals surface area contributed by atoms with Crippen LogP contribution in [0.25, 0.3) is 0 Å². The van der Waals surface area contributed by atoms with Crippen LogP contribution < -0.4 is 4.74 Å². The van der Waals surface area contributed by atoms with Gasteiger partial charge in [-0.05, 0) is 31.0 Å². The lowest BCUT2D eigenvalue weighted by molar-refractivity contribution is 0.211. The van der Waals surface area contributed by atoms with Crippen LogP contribution in [-0.2, 0) is 6.54 Å². The zero-order valence-electron chi connectivity index (χ0n) is 11.2. The van der Waals surface area contributed by atoms with E-state index >= 15 is 0 Å². The van der Waals surface area contributed by atoms with Crippen LogP contribution in [0.2, 0.25) is 0 Å². The molecule has 2 rings (SSSR count). The molecule has 102 valence electrons. The van der Waals surface area contributed by atoms with E-state index in [1.807, 2.05) is 12.1 Å². The lowest BCUT2D eigenvalue weighted by Gasteiger charge is -2.27. The van der Waals surface area contributed by atoms with Gasteiger partial charge < -0.3 is 4.74 Å². The summed E-state index contributed by atoms with van der Waals surface area (Å²) in [5.74, 6) is 0.893. The highest BCUT2D eigenvalue weighted by atomic mass is 79.9. The van der Waals surface area contributed by atoms with Crippen LogP contribution >= 0.6 is 15.9 Å². The maximum absolute atomic E-state index is 9.02. The quantitative estimate of drug-likeness (QED) is 0.775. The Morgan fingerprint density at radius 2 is 2.16 bits per heavy atom. The second-order valence-corrected chi connectivity index (χ2v) is 5.87. The van der Waals surface area contributed by atoms with Crippen molar-refractivity contribution in [3.8, 4) is 11.8 Å². The van der Waals surface area contributed by atoms with Gasteiger partial charge in [-0.1, -0.05) is 28.8 Å². The first-order valence-corrected chi connectivity index (χ1v) is 7.47. The molecule has 0 spiro atoms. The molecule has 0 unspecified atom stereocenters. The van der Waals surface area contributed by atoms with Crippen LogP contribution in [0.3, 0.4) is 0 Å². The number of ether oxygens (including phenoxy) is 1. The summed E-state index contributed by atoms with van der Waals surface area (Å²) in [5, 5.41) is 9.02.